The normalized spacial score (nSPS) is 20.2. The summed E-state index contributed by atoms with van der Waals surface area (Å²) in [6.07, 6.45) is 5.09. The highest BCUT2D eigenvalue weighted by molar-refractivity contribution is 9.93. The molecule has 3 saturated heterocycles. The Bertz CT molecular complexity index is 1510. The van der Waals surface area contributed by atoms with Gasteiger partial charge < -0.3 is 0 Å². The number of anilines is 1. The fourth-order valence-electron chi connectivity index (χ4n) is 5.29. The number of piperidine rings is 3. The lowest BCUT2D eigenvalue weighted by atomic mass is 10.0. The number of amides is 7. The zero-order valence-electron chi connectivity index (χ0n) is 25.2. The smallest absolute Gasteiger partial charge is 0.249 e. The third-order valence-corrected chi connectivity index (χ3v) is 8.41. The summed E-state index contributed by atoms with van der Waals surface area (Å²) >= 11 is 8.62. The van der Waals surface area contributed by atoms with Crippen LogP contribution in [0.15, 0.2) is 48.5 Å². The molecular weight excluding hydrogens is 832 g/mol. The Morgan fingerprint density at radius 3 is 1.51 bits per heavy atom. The number of ketones is 1. The number of para-hydroxylation sites is 1. The third kappa shape index (κ3) is 13.0. The minimum absolute atomic E-state index is 0. The van der Waals surface area contributed by atoms with E-state index in [4.69, 9.17) is 0 Å². The van der Waals surface area contributed by atoms with E-state index in [9.17, 15) is 38.4 Å². The Morgan fingerprint density at radius 2 is 1.04 bits per heavy atom. The average molecular weight is 873 g/mol. The highest BCUT2D eigenvalue weighted by Crippen LogP contribution is 2.32. The molecule has 4 heterocycles. The molecule has 0 saturated carbocycles. The van der Waals surface area contributed by atoms with Crippen molar-refractivity contribution in [3.63, 3.8) is 0 Å². The Morgan fingerprint density at radius 1 is 0.571 bits per heavy atom. The predicted molar refractivity (Wildman–Crippen MR) is 196 cm³/mol. The lowest BCUT2D eigenvalue weighted by Crippen LogP contribution is -2.53. The summed E-state index contributed by atoms with van der Waals surface area (Å²) in [5.74, 6) is -1.04. The molecule has 0 radical (unpaired) electrons. The molecule has 49 heavy (non-hydrogen) atoms. The van der Waals surface area contributed by atoms with E-state index < -0.39 is 6.04 Å². The minimum atomic E-state index is -0.557. The lowest BCUT2D eigenvalue weighted by Gasteiger charge is -2.30. The molecule has 2 aromatic rings. The second-order valence-corrected chi connectivity index (χ2v) is 12.0. The number of nitrogens with zero attached hydrogens (tertiary/aromatic N) is 1. The van der Waals surface area contributed by atoms with E-state index in [2.05, 4.69) is 60.1 Å². The first-order valence-electron chi connectivity index (χ1n) is 14.8. The molecule has 2 unspecified atom stereocenters. The summed E-state index contributed by atoms with van der Waals surface area (Å²) in [6, 6.07) is 14.9. The number of hydrogen-bond acceptors (Lipinski definition) is 8. The number of imide groups is 3. The first-order chi connectivity index (χ1) is 22.5. The van der Waals surface area contributed by atoms with Gasteiger partial charge in [-0.2, -0.15) is 0 Å². The van der Waals surface area contributed by atoms with E-state index in [0.29, 0.717) is 63.6 Å². The number of Topliss-reactive ketones (excluding diaryl/α,β-unsaturated/α-hetero) is 1. The van der Waals surface area contributed by atoms with Crippen LogP contribution in [0, 0.1) is 0 Å². The second-order valence-electron chi connectivity index (χ2n) is 10.9. The average Bonchev–Trinajstić information content (AvgIpc) is 3.59. The van der Waals surface area contributed by atoms with Gasteiger partial charge in [-0.05, 0) is 42.0 Å². The Labute approximate surface area is 309 Å². The zero-order chi connectivity index (χ0) is 34.5. The molecule has 266 valence electrons. The number of nitrogens with one attached hydrogen (secondary N) is 3. The molecule has 0 aromatic heterocycles. The Kier molecular flexibility index (Phi) is 19.1. The number of benzene rings is 2. The van der Waals surface area contributed by atoms with Crippen LogP contribution in [-0.2, 0) is 57.6 Å². The monoisotopic (exact) mass is 870 g/mol. The number of halogens is 3. The molecule has 12 nitrogen and oxygen atoms in total. The van der Waals surface area contributed by atoms with Crippen LogP contribution in [0.2, 0.25) is 0 Å². The van der Waals surface area contributed by atoms with Gasteiger partial charge in [0.05, 0.1) is 11.2 Å². The van der Waals surface area contributed by atoms with Crippen molar-refractivity contribution in [3.05, 3.63) is 65.2 Å². The Balaban J connectivity index is 0.000000335. The van der Waals surface area contributed by atoms with Crippen molar-refractivity contribution in [2.45, 2.75) is 89.9 Å². The molecule has 5 aliphatic rings. The highest BCUT2D eigenvalue weighted by Gasteiger charge is 2.39. The number of rotatable bonds is 1. The number of hydrogen-bond donors (Lipinski definition) is 3. The van der Waals surface area contributed by atoms with E-state index >= 15 is 0 Å². The number of alkyl halides is 1. The highest BCUT2D eigenvalue weighted by atomic mass is 80.9. The maximum absolute atomic E-state index is 12.0. The summed E-state index contributed by atoms with van der Waals surface area (Å²) in [7, 11) is 0. The number of carbonyl (C=O) groups excluding carboxylic acids is 8. The van der Waals surface area contributed by atoms with Crippen LogP contribution in [0.25, 0.3) is 0 Å². The largest absolute Gasteiger partial charge is 0.299 e. The van der Waals surface area contributed by atoms with Crippen LogP contribution in [0.5, 0.6) is 0 Å². The molecule has 0 bridgehead atoms. The fraction of sp³-hybridized carbons (Fsp3) is 0.412. The van der Waals surface area contributed by atoms with Crippen LogP contribution in [0.4, 0.5) is 5.69 Å². The van der Waals surface area contributed by atoms with Gasteiger partial charge >= 0.3 is 0 Å². The molecule has 7 amide bonds. The SMILES string of the molecule is BrBr.C.C.O=C1CCC(Br)C(=O)N1.O=C1CCC(N2C(=O)Cc3ccccc32)C(=O)N1.O=C1CCCC(=O)N1.O=C1Cc2ccccc2C1. The van der Waals surface area contributed by atoms with Crippen molar-refractivity contribution < 1.29 is 38.4 Å². The number of carbonyl (C=O) groups is 8. The van der Waals surface area contributed by atoms with E-state index in [1.165, 1.54) is 16.0 Å². The molecule has 3 N–H and O–H groups in total. The van der Waals surface area contributed by atoms with Gasteiger partial charge in [-0.25, -0.2) is 0 Å². The van der Waals surface area contributed by atoms with Crippen molar-refractivity contribution in [1.82, 2.24) is 16.0 Å². The molecule has 3 fully saturated rings. The van der Waals surface area contributed by atoms with Crippen LogP contribution < -0.4 is 20.9 Å². The third-order valence-electron chi connectivity index (χ3n) is 7.54. The molecule has 0 spiro atoms. The maximum atomic E-state index is 12.0. The quantitative estimate of drug-likeness (QED) is 0.273. The van der Waals surface area contributed by atoms with Gasteiger partial charge in [0.15, 0.2) is 0 Å². The van der Waals surface area contributed by atoms with Crippen molar-refractivity contribution in [1.29, 1.82) is 0 Å². The van der Waals surface area contributed by atoms with Crippen molar-refractivity contribution in [2.75, 3.05) is 4.90 Å². The second kappa shape index (κ2) is 21.5. The van der Waals surface area contributed by atoms with Crippen molar-refractivity contribution in [3.8, 4) is 0 Å². The summed E-state index contributed by atoms with van der Waals surface area (Å²) in [5.41, 5.74) is 4.16. The topological polar surface area (TPSA) is 176 Å². The van der Waals surface area contributed by atoms with Crippen LogP contribution in [0.3, 0.4) is 0 Å². The number of fused-ring (bicyclic) bond motifs is 2. The molecular formula is C34H41Br3N4O8. The van der Waals surface area contributed by atoms with Crippen LogP contribution in [-0.4, -0.2) is 58.0 Å². The first-order valence-corrected chi connectivity index (χ1v) is 19.4. The van der Waals surface area contributed by atoms with Gasteiger partial charge in [-0.15, -0.1) is 0 Å². The summed E-state index contributed by atoms with van der Waals surface area (Å²) < 4.78 is 0. The standard InChI is InChI=1S/C13H12N2O3.C9H8O.C5H6BrNO2.C5H7NO2.2CH4.Br2/c16-11-6-5-10(13(18)14-11)15-9-4-2-1-3-8(9)7-12(15)17;10-9-5-7-3-1-2-4-8(7)6-9;6-3-1-2-4(8)7-5(3)9;7-4-2-1-3-5(8)6-4;;;1-2/h1-4,10H,5-7H2,(H,14,16,18);1-4H,5-6H2;3H,1-2H2,(H,7,8,9);1-3H2,(H,6,7,8);2*1H4;. The Hall–Kier alpha value is -3.56. The van der Waals surface area contributed by atoms with Gasteiger partial charge in [0.1, 0.15) is 11.8 Å². The van der Waals surface area contributed by atoms with Crippen LogP contribution in [0.1, 0.15) is 76.5 Å². The van der Waals surface area contributed by atoms with Gasteiger partial charge in [-0.1, -0.05) is 73.2 Å². The molecule has 1 aliphatic carbocycles. The van der Waals surface area contributed by atoms with Gasteiger partial charge in [-0.3, -0.25) is 59.2 Å². The van der Waals surface area contributed by atoms with Gasteiger partial charge in [0.2, 0.25) is 41.4 Å². The van der Waals surface area contributed by atoms with Gasteiger partial charge in [0.25, 0.3) is 0 Å². The summed E-state index contributed by atoms with van der Waals surface area (Å²) in [5, 5.41) is 6.69. The van der Waals surface area contributed by atoms with Crippen LogP contribution >= 0.6 is 44.2 Å². The zero-order valence-corrected chi connectivity index (χ0v) is 29.9. The van der Waals surface area contributed by atoms with E-state index in [1.807, 2.05) is 48.5 Å². The van der Waals surface area contributed by atoms with E-state index in [0.717, 1.165) is 11.3 Å². The predicted octanol–water partition coefficient (Wildman–Crippen LogP) is 4.70. The maximum Gasteiger partial charge on any atom is 0.249 e. The molecule has 2 atom stereocenters. The fourth-order valence-corrected chi connectivity index (χ4v) is 5.64. The van der Waals surface area contributed by atoms with Crippen molar-refractivity contribution >= 4 is 97.0 Å². The molecule has 4 aliphatic heterocycles. The van der Waals surface area contributed by atoms with Crippen molar-refractivity contribution in [2.24, 2.45) is 0 Å². The summed E-state index contributed by atoms with van der Waals surface area (Å²) in [4.78, 5) is 89.0. The summed E-state index contributed by atoms with van der Waals surface area (Å²) in [6.45, 7) is 0. The molecule has 7 rings (SSSR count). The van der Waals surface area contributed by atoms with Gasteiger partial charge in [0, 0.05) is 72.5 Å². The first kappa shape index (κ1) is 43.5. The lowest BCUT2D eigenvalue weighted by molar-refractivity contribution is -0.136. The molecule has 15 heteroatoms. The van der Waals surface area contributed by atoms with E-state index in [-0.39, 0.29) is 67.5 Å². The van der Waals surface area contributed by atoms with E-state index in [1.54, 1.807) is 0 Å². The molecule has 2 aromatic carbocycles. The minimum Gasteiger partial charge on any atom is -0.299 e.